The lowest BCUT2D eigenvalue weighted by Gasteiger charge is -2.31. The Hall–Kier alpha value is -1.92. The lowest BCUT2D eigenvalue weighted by atomic mass is 9.91. The zero-order chi connectivity index (χ0) is 15.1. The van der Waals surface area contributed by atoms with Gasteiger partial charge in [-0.15, -0.1) is 11.8 Å². The molecule has 2 rings (SSSR count). The van der Waals surface area contributed by atoms with Crippen LogP contribution in [0.25, 0.3) is 0 Å². The summed E-state index contributed by atoms with van der Waals surface area (Å²) in [6.45, 7) is 2.60. The van der Waals surface area contributed by atoms with Crippen molar-refractivity contribution in [3.8, 4) is 0 Å². The van der Waals surface area contributed by atoms with E-state index < -0.39 is 11.4 Å². The zero-order valence-corrected chi connectivity index (χ0v) is 12.6. The van der Waals surface area contributed by atoms with Gasteiger partial charge in [0.25, 0.3) is 0 Å². The molecule has 0 aliphatic rings. The van der Waals surface area contributed by atoms with Crippen LogP contribution in [0.2, 0.25) is 0 Å². The van der Waals surface area contributed by atoms with E-state index in [9.17, 15) is 4.79 Å². The molecule has 1 amide bonds. The van der Waals surface area contributed by atoms with Crippen molar-refractivity contribution in [1.82, 2.24) is 15.3 Å². The van der Waals surface area contributed by atoms with E-state index in [0.717, 1.165) is 10.6 Å². The Labute approximate surface area is 128 Å². The summed E-state index contributed by atoms with van der Waals surface area (Å²) in [7, 11) is 0. The maximum Gasteiger partial charge on any atom is 0.243 e. The number of likely N-dealkylation sites (N-methyl/N-ethyl adjacent to an activating group) is 1. The molecular formula is C15H18N4OS. The van der Waals surface area contributed by atoms with Gasteiger partial charge in [0.2, 0.25) is 5.91 Å². The highest BCUT2D eigenvalue weighted by Crippen LogP contribution is 2.28. The van der Waals surface area contributed by atoms with Crippen LogP contribution in [0.1, 0.15) is 12.5 Å². The number of carbonyl (C=O) groups is 1. The quantitative estimate of drug-likeness (QED) is 0.599. The summed E-state index contributed by atoms with van der Waals surface area (Å²) in [6.07, 6.45) is 3.17. The number of nitrogens with two attached hydrogens (primary N) is 1. The van der Waals surface area contributed by atoms with E-state index in [0.29, 0.717) is 12.3 Å². The molecule has 0 fully saturated rings. The van der Waals surface area contributed by atoms with Crippen LogP contribution in [0.5, 0.6) is 0 Å². The number of nitrogens with one attached hydrogen (secondary N) is 1. The predicted octanol–water partition coefficient (Wildman–Crippen LogP) is 1.56. The first-order valence-corrected chi connectivity index (χ1v) is 7.67. The van der Waals surface area contributed by atoms with Gasteiger partial charge in [-0.3, -0.25) is 10.1 Å². The number of nitrogens with zero attached hydrogens (tertiary/aromatic N) is 2. The van der Waals surface area contributed by atoms with E-state index in [1.54, 1.807) is 6.20 Å². The number of thioether (sulfide) groups is 1. The molecule has 3 N–H and O–H groups in total. The zero-order valence-electron chi connectivity index (χ0n) is 11.8. The molecule has 0 saturated carbocycles. The van der Waals surface area contributed by atoms with Gasteiger partial charge in [-0.25, -0.2) is 9.97 Å². The van der Waals surface area contributed by atoms with Gasteiger partial charge in [-0.2, -0.15) is 0 Å². The highest BCUT2D eigenvalue weighted by atomic mass is 32.2. The van der Waals surface area contributed by atoms with Crippen LogP contribution in [0.15, 0.2) is 53.9 Å². The predicted molar refractivity (Wildman–Crippen MR) is 83.7 cm³/mol. The molecule has 0 spiro atoms. The first-order chi connectivity index (χ1) is 10.2. The highest BCUT2D eigenvalue weighted by molar-refractivity contribution is 7.99. The van der Waals surface area contributed by atoms with Gasteiger partial charge in [0.05, 0.1) is 5.03 Å². The Morgan fingerprint density at radius 2 is 2.10 bits per heavy atom. The molecule has 5 nitrogen and oxygen atoms in total. The van der Waals surface area contributed by atoms with E-state index in [-0.39, 0.29) is 0 Å². The molecule has 1 unspecified atom stereocenters. The van der Waals surface area contributed by atoms with Crippen molar-refractivity contribution < 1.29 is 4.79 Å². The summed E-state index contributed by atoms with van der Waals surface area (Å²) in [5, 5.41) is 4.05. The number of primary amides is 1. The maximum absolute atomic E-state index is 12.1. The number of aromatic nitrogens is 2. The molecule has 0 aliphatic carbocycles. The Morgan fingerprint density at radius 1 is 1.33 bits per heavy atom. The first-order valence-electron chi connectivity index (χ1n) is 6.68. The number of rotatable bonds is 7. The van der Waals surface area contributed by atoms with Crippen LogP contribution < -0.4 is 11.1 Å². The van der Waals surface area contributed by atoms with Crippen molar-refractivity contribution >= 4 is 17.7 Å². The number of amides is 1. The van der Waals surface area contributed by atoms with Crippen molar-refractivity contribution in [2.45, 2.75) is 17.5 Å². The topological polar surface area (TPSA) is 80.9 Å². The highest BCUT2D eigenvalue weighted by Gasteiger charge is 2.37. The second kappa shape index (κ2) is 7.19. The molecule has 1 atom stereocenters. The monoisotopic (exact) mass is 302 g/mol. The van der Waals surface area contributed by atoms with E-state index in [1.165, 1.54) is 18.1 Å². The molecular weight excluding hydrogens is 284 g/mol. The van der Waals surface area contributed by atoms with Crippen LogP contribution >= 0.6 is 11.8 Å². The fraction of sp³-hybridized carbons (Fsp3) is 0.267. The molecule has 0 saturated heterocycles. The summed E-state index contributed by atoms with van der Waals surface area (Å²) in [5.74, 6) is 0.0779. The summed E-state index contributed by atoms with van der Waals surface area (Å²) >= 11 is 1.48. The molecule has 0 aliphatic heterocycles. The Bertz CT molecular complexity index is 579. The van der Waals surface area contributed by atoms with Crippen molar-refractivity contribution in [1.29, 1.82) is 0 Å². The molecule has 2 aromatic rings. The minimum atomic E-state index is -0.911. The second-order valence-electron chi connectivity index (χ2n) is 4.50. The van der Waals surface area contributed by atoms with Gasteiger partial charge in [-0.05, 0) is 18.2 Å². The van der Waals surface area contributed by atoms with Crippen LogP contribution in [-0.2, 0) is 10.3 Å². The Balaban J connectivity index is 2.29. The largest absolute Gasteiger partial charge is 0.368 e. The maximum atomic E-state index is 12.1. The Morgan fingerprint density at radius 3 is 2.67 bits per heavy atom. The minimum absolute atomic E-state index is 0.392. The normalized spacial score (nSPS) is 13.6. The third-order valence-electron chi connectivity index (χ3n) is 3.16. The minimum Gasteiger partial charge on any atom is -0.368 e. The summed E-state index contributed by atoms with van der Waals surface area (Å²) in [5.41, 5.74) is 5.66. The van der Waals surface area contributed by atoms with E-state index in [4.69, 9.17) is 5.73 Å². The average Bonchev–Trinajstić information content (AvgIpc) is 2.53. The van der Waals surface area contributed by atoms with Gasteiger partial charge >= 0.3 is 0 Å². The van der Waals surface area contributed by atoms with Crippen LogP contribution in [0.4, 0.5) is 0 Å². The van der Waals surface area contributed by atoms with Crippen LogP contribution in [0.3, 0.4) is 0 Å². The SMILES string of the molecule is CCNC(CSc1ccncn1)(C(N)=O)c1ccccc1. The van der Waals surface area contributed by atoms with Crippen LogP contribution in [0, 0.1) is 0 Å². The molecule has 0 bridgehead atoms. The second-order valence-corrected chi connectivity index (χ2v) is 5.50. The van der Waals surface area contributed by atoms with Crippen molar-refractivity contribution in [3.05, 3.63) is 54.5 Å². The lowest BCUT2D eigenvalue weighted by Crippen LogP contribution is -2.54. The summed E-state index contributed by atoms with van der Waals surface area (Å²) in [6, 6.07) is 11.4. The van der Waals surface area contributed by atoms with Crippen molar-refractivity contribution in [2.24, 2.45) is 5.73 Å². The first kappa shape index (κ1) is 15.5. The molecule has 1 heterocycles. The Kier molecular flexibility index (Phi) is 5.30. The standard InChI is InChI=1S/C15H18N4OS/c1-2-19-15(14(16)20,12-6-4-3-5-7-12)10-21-13-8-9-17-11-18-13/h3-9,11,19H,2,10H2,1H3,(H2,16,20). The van der Waals surface area contributed by atoms with Gasteiger partial charge in [0.1, 0.15) is 11.9 Å². The third-order valence-corrected chi connectivity index (χ3v) is 4.27. The number of hydrogen-bond donors (Lipinski definition) is 2. The van der Waals surface area contributed by atoms with Gasteiger partial charge in [0, 0.05) is 11.9 Å². The van der Waals surface area contributed by atoms with Crippen molar-refractivity contribution in [2.75, 3.05) is 12.3 Å². The lowest BCUT2D eigenvalue weighted by molar-refractivity contribution is -0.123. The van der Waals surface area contributed by atoms with Gasteiger partial charge in [0.15, 0.2) is 0 Å². The van der Waals surface area contributed by atoms with Gasteiger partial charge in [-0.1, -0.05) is 37.3 Å². The van der Waals surface area contributed by atoms with E-state index >= 15 is 0 Å². The molecule has 1 aromatic carbocycles. The average molecular weight is 302 g/mol. The molecule has 21 heavy (non-hydrogen) atoms. The molecule has 0 radical (unpaired) electrons. The van der Waals surface area contributed by atoms with E-state index in [1.807, 2.05) is 43.3 Å². The fourth-order valence-corrected chi connectivity index (χ4v) is 3.16. The number of carbonyl (C=O) groups excluding carboxylic acids is 1. The molecule has 6 heteroatoms. The number of benzene rings is 1. The van der Waals surface area contributed by atoms with Gasteiger partial charge < -0.3 is 5.73 Å². The molecule has 110 valence electrons. The third kappa shape index (κ3) is 3.59. The van der Waals surface area contributed by atoms with Crippen LogP contribution in [-0.4, -0.2) is 28.2 Å². The van der Waals surface area contributed by atoms with E-state index in [2.05, 4.69) is 15.3 Å². The summed E-state index contributed by atoms with van der Waals surface area (Å²) < 4.78 is 0. The van der Waals surface area contributed by atoms with Crippen molar-refractivity contribution in [3.63, 3.8) is 0 Å². The smallest absolute Gasteiger partial charge is 0.243 e. The molecule has 1 aromatic heterocycles. The summed E-state index contributed by atoms with van der Waals surface area (Å²) in [4.78, 5) is 20.2. The number of hydrogen-bond acceptors (Lipinski definition) is 5. The fourth-order valence-electron chi connectivity index (χ4n) is 2.11.